The molecule has 1 heterocycles. The number of halogens is 1. The van der Waals surface area contributed by atoms with Crippen molar-refractivity contribution in [3.63, 3.8) is 0 Å². The number of Topliss-reactive ketones (excluding diaryl/α,β-unsaturated/α-hetero) is 1. The first kappa shape index (κ1) is 22.8. The summed E-state index contributed by atoms with van der Waals surface area (Å²) in [7, 11) is 0. The molecule has 0 saturated heterocycles. The number of imidazole rings is 1. The number of aromatic nitrogens is 2. The van der Waals surface area contributed by atoms with Crippen molar-refractivity contribution in [1.29, 1.82) is 0 Å². The number of hydrogen-bond acceptors (Lipinski definition) is 4. The van der Waals surface area contributed by atoms with Crippen LogP contribution in [0.4, 0.5) is 0 Å². The van der Waals surface area contributed by atoms with E-state index in [1.807, 2.05) is 73.7 Å². The summed E-state index contributed by atoms with van der Waals surface area (Å²) < 4.78 is 6.83. The molecule has 4 nitrogen and oxygen atoms in total. The van der Waals surface area contributed by atoms with Crippen molar-refractivity contribution in [2.24, 2.45) is 0 Å². The van der Waals surface area contributed by atoms with Gasteiger partial charge in [-0.1, -0.05) is 54.1 Å². The van der Waals surface area contributed by atoms with Crippen LogP contribution in [0.1, 0.15) is 52.6 Å². The second kappa shape index (κ2) is 9.69. The lowest BCUT2D eigenvalue weighted by Crippen LogP contribution is -2.33. The molecule has 0 aliphatic heterocycles. The molecule has 5 rings (SSSR count). The minimum atomic E-state index is -0.832. The largest absolute Gasteiger partial charge is 0.475 e. The predicted octanol–water partition coefficient (Wildman–Crippen LogP) is 7.22. The molecule has 0 radical (unpaired) electrons. The number of benzene rings is 3. The van der Waals surface area contributed by atoms with Gasteiger partial charge in [0.05, 0.1) is 5.02 Å². The van der Waals surface area contributed by atoms with E-state index in [0.717, 1.165) is 56.6 Å². The van der Waals surface area contributed by atoms with Gasteiger partial charge in [-0.2, -0.15) is 0 Å². The quantitative estimate of drug-likeness (QED) is 0.279. The van der Waals surface area contributed by atoms with Gasteiger partial charge in [-0.25, -0.2) is 4.98 Å². The van der Waals surface area contributed by atoms with Crippen molar-refractivity contribution in [2.75, 3.05) is 0 Å². The third-order valence-corrected chi connectivity index (χ3v) is 7.86. The fraction of sp³-hybridized carbons (Fsp3) is 0.214. The van der Waals surface area contributed by atoms with E-state index >= 15 is 0 Å². The van der Waals surface area contributed by atoms with E-state index in [9.17, 15) is 4.79 Å². The van der Waals surface area contributed by atoms with Crippen molar-refractivity contribution in [3.8, 4) is 5.75 Å². The molecule has 1 aromatic heterocycles. The number of fused-ring (bicyclic) bond motifs is 1. The summed E-state index contributed by atoms with van der Waals surface area (Å²) in [5, 5.41) is 0.723. The average Bonchev–Trinajstić information content (AvgIpc) is 3.41. The van der Waals surface area contributed by atoms with Crippen LogP contribution in [0.5, 0.6) is 5.75 Å². The lowest BCUT2D eigenvalue weighted by molar-refractivity contribution is 0.0971. The van der Waals surface area contributed by atoms with Crippen molar-refractivity contribution in [3.05, 3.63) is 112 Å². The average molecular weight is 489 g/mol. The van der Waals surface area contributed by atoms with Gasteiger partial charge in [-0.15, -0.1) is 11.8 Å². The summed E-state index contributed by atoms with van der Waals surface area (Å²) in [6, 6.07) is 21.8. The molecule has 4 aromatic rings. The van der Waals surface area contributed by atoms with Crippen LogP contribution >= 0.6 is 23.4 Å². The maximum Gasteiger partial charge on any atom is 0.188 e. The highest BCUT2D eigenvalue weighted by Crippen LogP contribution is 2.41. The molecule has 0 amide bonds. The molecule has 6 heteroatoms. The van der Waals surface area contributed by atoms with Gasteiger partial charge in [0.15, 0.2) is 17.2 Å². The Bertz CT molecular complexity index is 1310. The Labute approximate surface area is 208 Å². The topological polar surface area (TPSA) is 55.0 Å². The van der Waals surface area contributed by atoms with Crippen LogP contribution in [-0.4, -0.2) is 15.8 Å². The molecular formula is C28H25ClN2O2S. The number of H-pyrrole nitrogens is 1. The van der Waals surface area contributed by atoms with E-state index < -0.39 is 5.60 Å². The second-order valence-electron chi connectivity index (χ2n) is 8.50. The number of rotatable bonds is 7. The van der Waals surface area contributed by atoms with Gasteiger partial charge >= 0.3 is 0 Å². The molecule has 0 saturated carbocycles. The first-order valence-corrected chi connectivity index (χ1v) is 12.7. The predicted molar refractivity (Wildman–Crippen MR) is 137 cm³/mol. The van der Waals surface area contributed by atoms with Gasteiger partial charge in [0.1, 0.15) is 5.75 Å². The van der Waals surface area contributed by atoms with Gasteiger partial charge in [0.25, 0.3) is 0 Å². The molecule has 0 fully saturated rings. The lowest BCUT2D eigenvalue weighted by Gasteiger charge is -2.32. The summed E-state index contributed by atoms with van der Waals surface area (Å²) in [6.45, 7) is 2.02. The highest BCUT2D eigenvalue weighted by atomic mass is 35.5. The number of carbonyl (C=O) groups excluding carboxylic acids is 1. The highest BCUT2D eigenvalue weighted by molar-refractivity contribution is 7.98. The molecule has 0 unspecified atom stereocenters. The Kier molecular flexibility index (Phi) is 6.48. The molecule has 0 spiro atoms. The Balaban J connectivity index is 1.59. The Morgan fingerprint density at radius 1 is 1.06 bits per heavy atom. The van der Waals surface area contributed by atoms with Gasteiger partial charge in [-0.3, -0.25) is 4.79 Å². The summed E-state index contributed by atoms with van der Waals surface area (Å²) in [5.74, 6) is 2.33. The molecule has 0 bridgehead atoms. The minimum Gasteiger partial charge on any atom is -0.475 e. The van der Waals surface area contributed by atoms with E-state index in [4.69, 9.17) is 16.3 Å². The number of thioether (sulfide) groups is 1. The van der Waals surface area contributed by atoms with Crippen LogP contribution in [-0.2, 0) is 17.8 Å². The molecule has 1 atom stereocenters. The molecule has 1 N–H and O–H groups in total. The lowest BCUT2D eigenvalue weighted by atomic mass is 9.87. The summed E-state index contributed by atoms with van der Waals surface area (Å²) >= 11 is 8.09. The zero-order valence-electron chi connectivity index (χ0n) is 18.9. The third-order valence-electron chi connectivity index (χ3n) is 6.32. The maximum absolute atomic E-state index is 12.7. The van der Waals surface area contributed by atoms with Crippen LogP contribution in [0.15, 0.2) is 84.0 Å². The first-order valence-electron chi connectivity index (χ1n) is 11.4. The monoisotopic (exact) mass is 488 g/mol. The SMILES string of the molecule is C[C@](Oc1ccc2c(c1CSc1ccccc1Cl)CCCC2=O)(c1ccccc1)c1ncc[nH]1. The molecule has 3 aromatic carbocycles. The zero-order valence-corrected chi connectivity index (χ0v) is 20.5. The second-order valence-corrected chi connectivity index (χ2v) is 9.93. The van der Waals surface area contributed by atoms with Crippen molar-refractivity contribution >= 4 is 29.1 Å². The molecule has 1 aliphatic rings. The highest BCUT2D eigenvalue weighted by Gasteiger charge is 2.35. The normalized spacial score (nSPS) is 14.9. The van der Waals surface area contributed by atoms with E-state index in [1.165, 1.54) is 0 Å². The molecular weight excluding hydrogens is 464 g/mol. The van der Waals surface area contributed by atoms with Crippen LogP contribution in [0.25, 0.3) is 0 Å². The van der Waals surface area contributed by atoms with E-state index in [0.29, 0.717) is 12.2 Å². The Morgan fingerprint density at radius 3 is 2.62 bits per heavy atom. The molecule has 34 heavy (non-hydrogen) atoms. The Hall–Kier alpha value is -3.02. The van der Waals surface area contributed by atoms with Gasteiger partial charge in [0, 0.05) is 46.2 Å². The number of nitrogens with one attached hydrogen (secondary N) is 1. The minimum absolute atomic E-state index is 0.202. The summed E-state index contributed by atoms with van der Waals surface area (Å²) in [6.07, 6.45) is 5.85. The van der Waals surface area contributed by atoms with Gasteiger partial charge in [0.2, 0.25) is 0 Å². The molecule has 1 aliphatic carbocycles. The van der Waals surface area contributed by atoms with E-state index in [-0.39, 0.29) is 5.78 Å². The fourth-order valence-electron chi connectivity index (χ4n) is 4.49. The van der Waals surface area contributed by atoms with E-state index in [1.54, 1.807) is 24.2 Å². The Morgan fingerprint density at radius 2 is 1.85 bits per heavy atom. The van der Waals surface area contributed by atoms with Gasteiger partial charge < -0.3 is 9.72 Å². The summed E-state index contributed by atoms with van der Waals surface area (Å²) in [4.78, 5) is 21.5. The summed E-state index contributed by atoms with van der Waals surface area (Å²) in [5.41, 5.74) is 3.10. The first-order chi connectivity index (χ1) is 16.6. The van der Waals surface area contributed by atoms with Crippen LogP contribution < -0.4 is 4.74 Å². The maximum atomic E-state index is 12.7. The zero-order chi connectivity index (χ0) is 23.5. The number of hydrogen-bond donors (Lipinski definition) is 1. The van der Waals surface area contributed by atoms with Crippen molar-refractivity contribution in [2.45, 2.75) is 42.4 Å². The fourth-order valence-corrected chi connectivity index (χ4v) is 5.79. The standard InChI is InChI=1S/C28H25ClN2O2S/c1-28(27-30-16-17-31-27,19-8-3-2-4-9-19)33-25-15-14-21-20(10-7-12-24(21)32)22(25)18-34-26-13-6-5-11-23(26)29/h2-6,8-9,11,13-17H,7,10,12,18H2,1H3,(H,30,31)/t28-/m0/s1. The third kappa shape index (κ3) is 4.38. The number of nitrogens with zero attached hydrogens (tertiary/aromatic N) is 1. The van der Waals surface area contributed by atoms with Crippen LogP contribution in [0.2, 0.25) is 5.02 Å². The number of ether oxygens (including phenoxy) is 1. The van der Waals surface area contributed by atoms with Crippen LogP contribution in [0.3, 0.4) is 0 Å². The number of aromatic amines is 1. The van der Waals surface area contributed by atoms with Crippen molar-refractivity contribution in [1.82, 2.24) is 9.97 Å². The number of ketones is 1. The smallest absolute Gasteiger partial charge is 0.188 e. The van der Waals surface area contributed by atoms with Crippen molar-refractivity contribution < 1.29 is 9.53 Å². The molecule has 172 valence electrons. The number of carbonyl (C=O) groups is 1. The van der Waals surface area contributed by atoms with Gasteiger partial charge in [-0.05, 0) is 49.6 Å². The van der Waals surface area contributed by atoms with E-state index in [2.05, 4.69) is 9.97 Å². The van der Waals surface area contributed by atoms with Crippen LogP contribution in [0, 0.1) is 0 Å².